The van der Waals surface area contributed by atoms with Crippen molar-refractivity contribution < 1.29 is 4.79 Å². The number of hydrogen-bond donors (Lipinski definition) is 1. The first-order valence-electron chi connectivity index (χ1n) is 5.53. The Morgan fingerprint density at radius 3 is 3.12 bits per heavy atom. The van der Waals surface area contributed by atoms with Crippen LogP contribution < -0.4 is 5.32 Å². The number of rotatable bonds is 3. The van der Waals surface area contributed by atoms with Crippen LogP contribution in [0.1, 0.15) is 18.9 Å². The highest BCUT2D eigenvalue weighted by Gasteiger charge is 2.29. The second-order valence-electron chi connectivity index (χ2n) is 4.25. The van der Waals surface area contributed by atoms with Crippen molar-refractivity contribution in [2.75, 3.05) is 6.54 Å². The zero-order valence-electron chi connectivity index (χ0n) is 9.24. The van der Waals surface area contributed by atoms with E-state index < -0.39 is 0 Å². The van der Waals surface area contributed by atoms with Gasteiger partial charge in [-0.25, -0.2) is 0 Å². The van der Waals surface area contributed by atoms with Crippen LogP contribution in [-0.4, -0.2) is 23.4 Å². The van der Waals surface area contributed by atoms with Crippen molar-refractivity contribution >= 4 is 17.4 Å². The predicted octanol–water partition coefficient (Wildman–Crippen LogP) is 1.84. The fourth-order valence-electron chi connectivity index (χ4n) is 2.16. The Balaban J connectivity index is 2.05. The van der Waals surface area contributed by atoms with E-state index in [1.54, 1.807) is 12.4 Å². The molecule has 1 N–H and O–H groups in total. The molecule has 1 aliphatic rings. The molecule has 2 atom stereocenters. The average Bonchev–Trinajstić information content (AvgIpc) is 2.68. The highest BCUT2D eigenvalue weighted by Crippen LogP contribution is 2.21. The third-order valence-corrected chi connectivity index (χ3v) is 3.50. The van der Waals surface area contributed by atoms with Crippen LogP contribution >= 0.6 is 11.6 Å². The first-order valence-corrected chi connectivity index (χ1v) is 5.91. The van der Waals surface area contributed by atoms with Gasteiger partial charge in [-0.05, 0) is 31.5 Å². The van der Waals surface area contributed by atoms with Gasteiger partial charge in [-0.3, -0.25) is 9.78 Å². The van der Waals surface area contributed by atoms with Gasteiger partial charge in [0.2, 0.25) is 0 Å². The van der Waals surface area contributed by atoms with E-state index in [-0.39, 0.29) is 17.7 Å². The van der Waals surface area contributed by atoms with Crippen LogP contribution in [0.15, 0.2) is 18.5 Å². The van der Waals surface area contributed by atoms with E-state index in [2.05, 4.69) is 17.2 Å². The van der Waals surface area contributed by atoms with E-state index >= 15 is 0 Å². The van der Waals surface area contributed by atoms with Crippen molar-refractivity contribution in [2.45, 2.75) is 25.8 Å². The molecule has 86 valence electrons. The summed E-state index contributed by atoms with van der Waals surface area (Å²) in [6, 6.07) is 2.10. The van der Waals surface area contributed by atoms with Crippen LogP contribution in [0.5, 0.6) is 0 Å². The van der Waals surface area contributed by atoms with Crippen LogP contribution in [0.2, 0.25) is 5.02 Å². The molecule has 16 heavy (non-hydrogen) atoms. The van der Waals surface area contributed by atoms with Gasteiger partial charge in [-0.15, -0.1) is 0 Å². The molecule has 0 saturated carbocycles. The smallest absolute Gasteiger partial charge is 0.141 e. The van der Waals surface area contributed by atoms with Crippen molar-refractivity contribution in [3.63, 3.8) is 0 Å². The minimum Gasteiger partial charge on any atom is -0.314 e. The zero-order valence-corrected chi connectivity index (χ0v) is 10.00. The van der Waals surface area contributed by atoms with Gasteiger partial charge in [0.05, 0.1) is 5.02 Å². The van der Waals surface area contributed by atoms with E-state index in [1.807, 2.05) is 6.07 Å². The number of pyridine rings is 1. The lowest BCUT2D eigenvalue weighted by Crippen LogP contribution is -2.29. The molecule has 0 aromatic carbocycles. The first-order chi connectivity index (χ1) is 7.68. The Kier molecular flexibility index (Phi) is 3.56. The highest BCUT2D eigenvalue weighted by molar-refractivity contribution is 6.31. The summed E-state index contributed by atoms with van der Waals surface area (Å²) in [6.07, 6.45) is 4.60. The Hall–Kier alpha value is -0.930. The second-order valence-corrected chi connectivity index (χ2v) is 4.66. The molecule has 0 spiro atoms. The van der Waals surface area contributed by atoms with Gasteiger partial charge in [0, 0.05) is 30.8 Å². The Morgan fingerprint density at radius 1 is 1.69 bits per heavy atom. The fourth-order valence-corrected chi connectivity index (χ4v) is 2.35. The number of halogens is 1. The van der Waals surface area contributed by atoms with Crippen molar-refractivity contribution in [1.82, 2.24) is 10.3 Å². The molecule has 2 unspecified atom stereocenters. The maximum Gasteiger partial charge on any atom is 0.141 e. The molecule has 0 bridgehead atoms. The third kappa shape index (κ3) is 2.42. The lowest BCUT2D eigenvalue weighted by Gasteiger charge is -2.13. The SMILES string of the molecule is CC1NCCC1C(=O)Cc1ccncc1Cl. The summed E-state index contributed by atoms with van der Waals surface area (Å²) in [7, 11) is 0. The highest BCUT2D eigenvalue weighted by atomic mass is 35.5. The monoisotopic (exact) mass is 238 g/mol. The Bertz CT molecular complexity index is 394. The molecule has 4 heteroatoms. The molecule has 2 rings (SSSR count). The normalized spacial score (nSPS) is 24.6. The van der Waals surface area contributed by atoms with Crippen molar-refractivity contribution in [3.8, 4) is 0 Å². The van der Waals surface area contributed by atoms with Crippen LogP contribution in [0, 0.1) is 5.92 Å². The largest absolute Gasteiger partial charge is 0.314 e. The summed E-state index contributed by atoms with van der Waals surface area (Å²) in [5, 5.41) is 3.86. The molecule has 0 amide bonds. The number of ketones is 1. The third-order valence-electron chi connectivity index (χ3n) is 3.16. The van der Waals surface area contributed by atoms with Crippen molar-refractivity contribution in [3.05, 3.63) is 29.0 Å². The van der Waals surface area contributed by atoms with E-state index in [4.69, 9.17) is 11.6 Å². The minimum absolute atomic E-state index is 0.129. The van der Waals surface area contributed by atoms with Gasteiger partial charge in [0.1, 0.15) is 5.78 Å². The number of Topliss-reactive ketones (excluding diaryl/α,β-unsaturated/α-hetero) is 1. The molecule has 0 aliphatic carbocycles. The lowest BCUT2D eigenvalue weighted by molar-refractivity contribution is -0.122. The van der Waals surface area contributed by atoms with Crippen LogP contribution in [0.4, 0.5) is 0 Å². The zero-order chi connectivity index (χ0) is 11.5. The van der Waals surface area contributed by atoms with E-state index in [0.29, 0.717) is 11.4 Å². The molecule has 2 heterocycles. The molecule has 3 nitrogen and oxygen atoms in total. The first kappa shape index (κ1) is 11.6. The van der Waals surface area contributed by atoms with Gasteiger partial charge in [-0.1, -0.05) is 11.6 Å². The number of carbonyl (C=O) groups is 1. The lowest BCUT2D eigenvalue weighted by atomic mass is 9.93. The number of aromatic nitrogens is 1. The van der Waals surface area contributed by atoms with Gasteiger partial charge in [0.15, 0.2) is 0 Å². The summed E-state index contributed by atoms with van der Waals surface area (Å²) >= 11 is 5.98. The standard InChI is InChI=1S/C12H15ClN2O/c1-8-10(3-5-15-8)12(16)6-9-2-4-14-7-11(9)13/h2,4,7-8,10,15H,3,5-6H2,1H3. The summed E-state index contributed by atoms with van der Waals surface area (Å²) in [5.74, 6) is 0.398. The Labute approximate surface area is 100 Å². The van der Waals surface area contributed by atoms with Crippen LogP contribution in [-0.2, 0) is 11.2 Å². The molecular weight excluding hydrogens is 224 g/mol. The Morgan fingerprint density at radius 2 is 2.50 bits per heavy atom. The second kappa shape index (κ2) is 4.93. The molecule has 1 aliphatic heterocycles. The minimum atomic E-state index is 0.129. The quantitative estimate of drug-likeness (QED) is 0.874. The molecular formula is C12H15ClN2O. The topological polar surface area (TPSA) is 42.0 Å². The maximum absolute atomic E-state index is 12.1. The van der Waals surface area contributed by atoms with Crippen LogP contribution in [0.25, 0.3) is 0 Å². The molecule has 0 radical (unpaired) electrons. The number of nitrogens with zero attached hydrogens (tertiary/aromatic N) is 1. The van der Waals surface area contributed by atoms with Gasteiger partial charge in [-0.2, -0.15) is 0 Å². The predicted molar refractivity (Wildman–Crippen MR) is 63.5 cm³/mol. The number of hydrogen-bond acceptors (Lipinski definition) is 3. The summed E-state index contributed by atoms with van der Waals surface area (Å²) in [4.78, 5) is 16.0. The van der Waals surface area contributed by atoms with Crippen molar-refractivity contribution in [2.24, 2.45) is 5.92 Å². The molecule has 1 saturated heterocycles. The van der Waals surface area contributed by atoms with E-state index in [0.717, 1.165) is 18.5 Å². The maximum atomic E-state index is 12.1. The van der Waals surface area contributed by atoms with E-state index in [1.165, 1.54) is 0 Å². The van der Waals surface area contributed by atoms with Gasteiger partial charge < -0.3 is 5.32 Å². The number of carbonyl (C=O) groups excluding carboxylic acids is 1. The summed E-state index contributed by atoms with van der Waals surface area (Å²) in [5.41, 5.74) is 0.876. The molecule has 1 aromatic rings. The average molecular weight is 239 g/mol. The fraction of sp³-hybridized carbons (Fsp3) is 0.500. The van der Waals surface area contributed by atoms with Crippen LogP contribution in [0.3, 0.4) is 0 Å². The summed E-state index contributed by atoms with van der Waals surface area (Å²) < 4.78 is 0. The van der Waals surface area contributed by atoms with Gasteiger partial charge >= 0.3 is 0 Å². The van der Waals surface area contributed by atoms with E-state index in [9.17, 15) is 4.79 Å². The van der Waals surface area contributed by atoms with Gasteiger partial charge in [0.25, 0.3) is 0 Å². The molecule has 1 aromatic heterocycles. The number of nitrogens with one attached hydrogen (secondary N) is 1. The van der Waals surface area contributed by atoms with Crippen molar-refractivity contribution in [1.29, 1.82) is 0 Å². The summed E-state index contributed by atoms with van der Waals surface area (Å²) in [6.45, 7) is 2.99. The molecule has 1 fully saturated rings.